The zero-order valence-electron chi connectivity index (χ0n) is 13.2. The number of aliphatic hydroxyl groups is 1. The molecule has 0 bridgehead atoms. The highest BCUT2D eigenvalue weighted by molar-refractivity contribution is 7.10. The molecule has 3 nitrogen and oxygen atoms in total. The summed E-state index contributed by atoms with van der Waals surface area (Å²) < 4.78 is 0. The Morgan fingerprint density at radius 3 is 2.79 bits per heavy atom. The molecule has 1 atom stereocenters. The molecule has 4 heteroatoms. The lowest BCUT2D eigenvalue weighted by atomic mass is 9.99. The van der Waals surface area contributed by atoms with Crippen molar-refractivity contribution in [3.8, 4) is 0 Å². The zero-order valence-corrected chi connectivity index (χ0v) is 14.0. The van der Waals surface area contributed by atoms with Crippen LogP contribution >= 0.6 is 11.3 Å². The summed E-state index contributed by atoms with van der Waals surface area (Å²) in [4.78, 5) is 12.8. The Morgan fingerprint density at radius 2 is 1.96 bits per heavy atom. The van der Waals surface area contributed by atoms with E-state index in [1.807, 2.05) is 60.0 Å². The quantitative estimate of drug-likeness (QED) is 0.664. The molecule has 1 unspecified atom stereocenters. The topological polar surface area (TPSA) is 49.3 Å². The minimum Gasteiger partial charge on any atom is -0.388 e. The van der Waals surface area contributed by atoms with E-state index in [1.165, 1.54) is 6.08 Å². The van der Waals surface area contributed by atoms with Crippen molar-refractivity contribution in [1.29, 1.82) is 0 Å². The first-order valence-electron chi connectivity index (χ1n) is 7.89. The number of fused-ring (bicyclic) bond motifs is 1. The molecule has 0 saturated carbocycles. The lowest BCUT2D eigenvalue weighted by Crippen LogP contribution is -2.23. The maximum absolute atomic E-state index is 11.8. The van der Waals surface area contributed by atoms with Crippen LogP contribution in [0.4, 0.5) is 0 Å². The first-order chi connectivity index (χ1) is 11.7. The first kappa shape index (κ1) is 16.4. The molecule has 0 radical (unpaired) electrons. The highest BCUT2D eigenvalue weighted by Crippen LogP contribution is 2.25. The number of carbonyl (C=O) groups is 1. The van der Waals surface area contributed by atoms with Crippen molar-refractivity contribution in [1.82, 2.24) is 5.32 Å². The van der Waals surface area contributed by atoms with Gasteiger partial charge >= 0.3 is 0 Å². The fraction of sp³-hybridized carbons (Fsp3) is 0.150. The Balaban J connectivity index is 1.55. The molecule has 2 N–H and O–H groups in total. The maximum atomic E-state index is 11.8. The second-order valence-electron chi connectivity index (χ2n) is 5.51. The van der Waals surface area contributed by atoms with Crippen molar-refractivity contribution in [2.45, 2.75) is 12.5 Å². The molecule has 0 aliphatic heterocycles. The van der Waals surface area contributed by atoms with Crippen molar-refractivity contribution < 1.29 is 9.90 Å². The van der Waals surface area contributed by atoms with E-state index in [9.17, 15) is 9.90 Å². The van der Waals surface area contributed by atoms with Gasteiger partial charge in [-0.1, -0.05) is 48.5 Å². The predicted octanol–water partition coefficient (Wildman–Crippen LogP) is 4.15. The van der Waals surface area contributed by atoms with E-state index in [0.29, 0.717) is 13.0 Å². The smallest absolute Gasteiger partial charge is 0.244 e. The number of aliphatic hydroxyl groups excluding tert-OH is 1. The highest BCUT2D eigenvalue weighted by Gasteiger charge is 2.11. The van der Waals surface area contributed by atoms with Crippen LogP contribution in [0.3, 0.4) is 0 Å². The van der Waals surface area contributed by atoms with Crippen molar-refractivity contribution in [3.05, 3.63) is 76.5 Å². The monoisotopic (exact) mass is 337 g/mol. The largest absolute Gasteiger partial charge is 0.388 e. The summed E-state index contributed by atoms with van der Waals surface area (Å²) in [5.41, 5.74) is 0.900. The van der Waals surface area contributed by atoms with Crippen molar-refractivity contribution >= 4 is 34.1 Å². The van der Waals surface area contributed by atoms with Crippen LogP contribution in [0.5, 0.6) is 0 Å². The number of thiophene rings is 1. The second-order valence-corrected chi connectivity index (χ2v) is 6.49. The summed E-state index contributed by atoms with van der Waals surface area (Å²) in [6.07, 6.45) is 3.20. The minimum absolute atomic E-state index is 0.145. The minimum atomic E-state index is -0.599. The number of hydrogen-bond acceptors (Lipinski definition) is 3. The van der Waals surface area contributed by atoms with Gasteiger partial charge in [0.25, 0.3) is 0 Å². The van der Waals surface area contributed by atoms with E-state index in [0.717, 1.165) is 21.2 Å². The molecule has 3 rings (SSSR count). The molecule has 0 spiro atoms. The van der Waals surface area contributed by atoms with Gasteiger partial charge in [-0.3, -0.25) is 4.79 Å². The molecule has 1 amide bonds. The van der Waals surface area contributed by atoms with Gasteiger partial charge in [0, 0.05) is 17.5 Å². The Hall–Kier alpha value is -2.43. The summed E-state index contributed by atoms with van der Waals surface area (Å²) in [5, 5.41) is 17.4. The Kier molecular flexibility index (Phi) is 5.41. The third kappa shape index (κ3) is 4.10. The molecule has 1 heterocycles. The molecule has 0 fully saturated rings. The van der Waals surface area contributed by atoms with Crippen LogP contribution < -0.4 is 5.32 Å². The first-order valence-corrected chi connectivity index (χ1v) is 8.77. The zero-order chi connectivity index (χ0) is 16.8. The van der Waals surface area contributed by atoms with E-state index < -0.39 is 6.10 Å². The van der Waals surface area contributed by atoms with E-state index in [2.05, 4.69) is 5.32 Å². The SMILES string of the molecule is O=C(/C=C/c1cccs1)NCCC(O)c1cccc2ccccc12. The normalized spacial score (nSPS) is 12.5. The molecule has 24 heavy (non-hydrogen) atoms. The van der Waals surface area contributed by atoms with Gasteiger partial charge in [-0.2, -0.15) is 0 Å². The predicted molar refractivity (Wildman–Crippen MR) is 99.9 cm³/mol. The van der Waals surface area contributed by atoms with E-state index in [1.54, 1.807) is 17.4 Å². The van der Waals surface area contributed by atoms with Crippen LogP contribution in [0, 0.1) is 0 Å². The molecule has 1 aromatic heterocycles. The summed E-state index contributed by atoms with van der Waals surface area (Å²) in [6.45, 7) is 0.429. The number of rotatable bonds is 6. The van der Waals surface area contributed by atoms with Gasteiger partial charge in [0.1, 0.15) is 0 Å². The standard InChI is InChI=1S/C20H19NO2S/c22-19(18-9-3-6-15-5-1-2-8-17(15)18)12-13-21-20(23)11-10-16-7-4-14-24-16/h1-11,14,19,22H,12-13H2,(H,21,23)/b11-10+. The van der Waals surface area contributed by atoms with Crippen molar-refractivity contribution in [2.75, 3.05) is 6.54 Å². The molecule has 0 saturated heterocycles. The fourth-order valence-electron chi connectivity index (χ4n) is 2.63. The van der Waals surface area contributed by atoms with Crippen molar-refractivity contribution in [3.63, 3.8) is 0 Å². The van der Waals surface area contributed by atoms with Crippen LogP contribution in [-0.4, -0.2) is 17.6 Å². The average molecular weight is 337 g/mol. The van der Waals surface area contributed by atoms with Crippen LogP contribution in [-0.2, 0) is 4.79 Å². The van der Waals surface area contributed by atoms with Crippen LogP contribution in [0.2, 0.25) is 0 Å². The number of carbonyl (C=O) groups excluding carboxylic acids is 1. The van der Waals surface area contributed by atoms with Gasteiger partial charge in [0.15, 0.2) is 0 Å². The fourth-order valence-corrected chi connectivity index (χ4v) is 3.25. The molecule has 0 aliphatic rings. The Labute approximate surface area is 145 Å². The number of benzene rings is 2. The van der Waals surface area contributed by atoms with Gasteiger partial charge in [-0.15, -0.1) is 11.3 Å². The number of amides is 1. The summed E-state index contributed by atoms with van der Waals surface area (Å²) in [5.74, 6) is -0.145. The lowest BCUT2D eigenvalue weighted by Gasteiger charge is -2.14. The van der Waals surface area contributed by atoms with Gasteiger partial charge in [0.2, 0.25) is 5.91 Å². The molecule has 2 aromatic carbocycles. The summed E-state index contributed by atoms with van der Waals surface area (Å²) >= 11 is 1.59. The molecule has 0 aliphatic carbocycles. The Morgan fingerprint density at radius 1 is 1.12 bits per heavy atom. The summed E-state index contributed by atoms with van der Waals surface area (Å²) in [7, 11) is 0. The number of hydrogen-bond donors (Lipinski definition) is 2. The molecule has 3 aromatic rings. The Bertz CT molecular complexity index is 834. The highest BCUT2D eigenvalue weighted by atomic mass is 32.1. The van der Waals surface area contributed by atoms with E-state index in [4.69, 9.17) is 0 Å². The van der Waals surface area contributed by atoms with Gasteiger partial charge < -0.3 is 10.4 Å². The third-order valence-corrected chi connectivity index (χ3v) is 4.68. The second kappa shape index (κ2) is 7.90. The third-order valence-electron chi connectivity index (χ3n) is 3.84. The molecule has 122 valence electrons. The van der Waals surface area contributed by atoms with E-state index in [-0.39, 0.29) is 5.91 Å². The van der Waals surface area contributed by atoms with Crippen LogP contribution in [0.1, 0.15) is 23.0 Å². The number of nitrogens with one attached hydrogen (secondary N) is 1. The average Bonchev–Trinajstić information content (AvgIpc) is 3.13. The van der Waals surface area contributed by atoms with Crippen LogP contribution in [0.15, 0.2) is 66.1 Å². The molecular weight excluding hydrogens is 318 g/mol. The van der Waals surface area contributed by atoms with Crippen LogP contribution in [0.25, 0.3) is 16.8 Å². The van der Waals surface area contributed by atoms with Gasteiger partial charge in [-0.25, -0.2) is 0 Å². The lowest BCUT2D eigenvalue weighted by molar-refractivity contribution is -0.116. The summed E-state index contributed by atoms with van der Waals surface area (Å²) in [6, 6.07) is 17.8. The molecular formula is C20H19NO2S. The van der Waals surface area contributed by atoms with Gasteiger partial charge in [0.05, 0.1) is 6.10 Å². The van der Waals surface area contributed by atoms with Crippen molar-refractivity contribution in [2.24, 2.45) is 0 Å². The maximum Gasteiger partial charge on any atom is 0.244 e. The van der Waals surface area contributed by atoms with E-state index >= 15 is 0 Å². The van der Waals surface area contributed by atoms with Gasteiger partial charge in [-0.05, 0) is 40.3 Å².